The zero-order valence-electron chi connectivity index (χ0n) is 10.8. The van der Waals surface area contributed by atoms with E-state index in [-0.39, 0.29) is 11.6 Å². The summed E-state index contributed by atoms with van der Waals surface area (Å²) in [4.78, 5) is 24.9. The third kappa shape index (κ3) is 2.07. The summed E-state index contributed by atoms with van der Waals surface area (Å²) >= 11 is 0. The lowest BCUT2D eigenvalue weighted by molar-refractivity contribution is 0.0698. The van der Waals surface area contributed by atoms with E-state index in [0.717, 1.165) is 17.2 Å². The van der Waals surface area contributed by atoms with Crippen LogP contribution in [0, 0.1) is 0 Å². The van der Waals surface area contributed by atoms with Crippen molar-refractivity contribution in [2.45, 2.75) is 6.42 Å². The second-order valence-electron chi connectivity index (χ2n) is 4.76. The number of urea groups is 1. The Morgan fingerprint density at radius 2 is 1.90 bits per heavy atom. The molecular formula is C15H14N2O3. The average molecular weight is 270 g/mol. The van der Waals surface area contributed by atoms with Crippen molar-refractivity contribution < 1.29 is 14.7 Å². The lowest BCUT2D eigenvalue weighted by atomic mass is 10.0. The van der Waals surface area contributed by atoms with E-state index in [1.54, 1.807) is 12.1 Å². The number of carboxylic acids is 1. The van der Waals surface area contributed by atoms with E-state index >= 15 is 0 Å². The fraction of sp³-hybridized carbons (Fsp3) is 0.200. The Kier molecular flexibility index (Phi) is 3.02. The maximum Gasteiger partial charge on any atom is 0.337 e. The van der Waals surface area contributed by atoms with Crippen molar-refractivity contribution in [1.29, 1.82) is 0 Å². The Labute approximate surface area is 115 Å². The van der Waals surface area contributed by atoms with Crippen molar-refractivity contribution in [3.8, 4) is 0 Å². The molecule has 0 unspecified atom stereocenters. The zero-order valence-corrected chi connectivity index (χ0v) is 10.8. The van der Waals surface area contributed by atoms with E-state index in [0.29, 0.717) is 18.8 Å². The molecule has 2 aromatic rings. The number of fused-ring (bicyclic) bond motifs is 1. The van der Waals surface area contributed by atoms with Crippen LogP contribution in [0.5, 0.6) is 0 Å². The van der Waals surface area contributed by atoms with E-state index in [1.165, 1.54) is 4.90 Å². The molecule has 0 aromatic heterocycles. The number of hydrogen-bond donors (Lipinski definition) is 2. The average Bonchev–Trinajstić information content (AvgIpc) is 2.46. The van der Waals surface area contributed by atoms with Gasteiger partial charge in [-0.05, 0) is 29.3 Å². The number of benzene rings is 2. The molecule has 1 aliphatic heterocycles. The molecule has 5 nitrogen and oxygen atoms in total. The highest BCUT2D eigenvalue weighted by Gasteiger charge is 2.24. The van der Waals surface area contributed by atoms with Gasteiger partial charge in [-0.3, -0.25) is 4.90 Å². The van der Waals surface area contributed by atoms with Crippen LogP contribution in [0.3, 0.4) is 0 Å². The molecule has 1 saturated heterocycles. The molecule has 2 amide bonds. The van der Waals surface area contributed by atoms with Crippen LogP contribution in [-0.4, -0.2) is 30.2 Å². The molecule has 0 aliphatic carbocycles. The summed E-state index contributed by atoms with van der Waals surface area (Å²) in [6.45, 7) is 1.16. The van der Waals surface area contributed by atoms with Crippen molar-refractivity contribution in [2.24, 2.45) is 0 Å². The number of carbonyl (C=O) groups excluding carboxylic acids is 1. The monoisotopic (exact) mass is 270 g/mol. The van der Waals surface area contributed by atoms with Crippen molar-refractivity contribution >= 4 is 28.5 Å². The molecule has 0 bridgehead atoms. The van der Waals surface area contributed by atoms with Crippen LogP contribution in [-0.2, 0) is 0 Å². The van der Waals surface area contributed by atoms with E-state index < -0.39 is 5.97 Å². The number of hydrogen-bond acceptors (Lipinski definition) is 2. The van der Waals surface area contributed by atoms with Gasteiger partial charge in [-0.1, -0.05) is 24.3 Å². The van der Waals surface area contributed by atoms with Gasteiger partial charge in [0.15, 0.2) is 0 Å². The minimum absolute atomic E-state index is 0.153. The van der Waals surface area contributed by atoms with Gasteiger partial charge < -0.3 is 10.4 Å². The molecule has 0 spiro atoms. The number of anilines is 1. The summed E-state index contributed by atoms with van der Waals surface area (Å²) in [7, 11) is 0. The Hall–Kier alpha value is -2.56. The van der Waals surface area contributed by atoms with Crippen LogP contribution in [0.1, 0.15) is 16.8 Å². The first kappa shape index (κ1) is 12.5. The highest BCUT2D eigenvalue weighted by molar-refractivity contribution is 6.06. The highest BCUT2D eigenvalue weighted by atomic mass is 16.4. The predicted octanol–water partition coefficient (Wildman–Crippen LogP) is 2.46. The molecule has 3 rings (SSSR count). The summed E-state index contributed by atoms with van der Waals surface area (Å²) in [5.74, 6) is -1.02. The molecule has 20 heavy (non-hydrogen) atoms. The predicted molar refractivity (Wildman–Crippen MR) is 76.3 cm³/mol. The first-order valence-corrected chi connectivity index (χ1v) is 6.48. The van der Waals surface area contributed by atoms with Crippen LogP contribution >= 0.6 is 0 Å². The quantitative estimate of drug-likeness (QED) is 0.880. The van der Waals surface area contributed by atoms with Crippen molar-refractivity contribution in [2.75, 3.05) is 18.0 Å². The van der Waals surface area contributed by atoms with Gasteiger partial charge >= 0.3 is 12.0 Å². The van der Waals surface area contributed by atoms with Gasteiger partial charge in [-0.2, -0.15) is 0 Å². The summed E-state index contributed by atoms with van der Waals surface area (Å²) in [5.41, 5.74) is 0.606. The highest BCUT2D eigenvalue weighted by Crippen LogP contribution is 2.28. The molecule has 2 aromatic carbocycles. The van der Waals surface area contributed by atoms with Gasteiger partial charge in [0, 0.05) is 13.1 Å². The molecule has 102 valence electrons. The molecular weight excluding hydrogens is 256 g/mol. The van der Waals surface area contributed by atoms with Gasteiger partial charge in [-0.15, -0.1) is 0 Å². The van der Waals surface area contributed by atoms with Crippen LogP contribution < -0.4 is 10.2 Å². The third-order valence-corrected chi connectivity index (χ3v) is 3.47. The molecule has 1 heterocycles. The van der Waals surface area contributed by atoms with Crippen LogP contribution in [0.2, 0.25) is 0 Å². The fourth-order valence-corrected chi connectivity index (χ4v) is 2.48. The van der Waals surface area contributed by atoms with E-state index in [1.807, 2.05) is 24.3 Å². The van der Waals surface area contributed by atoms with Gasteiger partial charge in [-0.25, -0.2) is 9.59 Å². The van der Waals surface area contributed by atoms with Crippen LogP contribution in [0.25, 0.3) is 10.8 Å². The first-order valence-electron chi connectivity index (χ1n) is 6.48. The SMILES string of the molecule is O=C(O)c1cc2ccccc2cc1N1CCCNC1=O. The Morgan fingerprint density at radius 1 is 1.20 bits per heavy atom. The van der Waals surface area contributed by atoms with Gasteiger partial charge in [0.05, 0.1) is 11.3 Å². The minimum atomic E-state index is -1.02. The number of nitrogens with one attached hydrogen (secondary N) is 1. The number of carboxylic acid groups (broad SMARTS) is 1. The number of aromatic carboxylic acids is 1. The molecule has 5 heteroatoms. The first-order chi connectivity index (χ1) is 9.66. The largest absolute Gasteiger partial charge is 0.478 e. The number of carbonyl (C=O) groups is 2. The third-order valence-electron chi connectivity index (χ3n) is 3.47. The van der Waals surface area contributed by atoms with E-state index in [2.05, 4.69) is 5.32 Å². The molecule has 2 N–H and O–H groups in total. The summed E-state index contributed by atoms with van der Waals surface area (Å²) in [6.07, 6.45) is 0.803. The Morgan fingerprint density at radius 3 is 2.55 bits per heavy atom. The van der Waals surface area contributed by atoms with Crippen LogP contribution in [0.15, 0.2) is 36.4 Å². The Bertz CT molecular complexity index is 697. The van der Waals surface area contributed by atoms with Gasteiger partial charge in [0.2, 0.25) is 0 Å². The smallest absolute Gasteiger partial charge is 0.337 e. The van der Waals surface area contributed by atoms with Crippen molar-refractivity contribution in [1.82, 2.24) is 5.32 Å². The zero-order chi connectivity index (χ0) is 14.1. The topological polar surface area (TPSA) is 69.6 Å². The number of amides is 2. The molecule has 0 radical (unpaired) electrons. The standard InChI is InChI=1S/C15H14N2O3/c18-14(19)12-8-10-4-1-2-5-11(10)9-13(12)17-7-3-6-16-15(17)20/h1-2,4-5,8-9H,3,6-7H2,(H,16,20)(H,18,19). The number of nitrogens with zero attached hydrogens (tertiary/aromatic N) is 1. The lowest BCUT2D eigenvalue weighted by Crippen LogP contribution is -2.47. The summed E-state index contributed by atoms with van der Waals surface area (Å²) in [6, 6.07) is 10.7. The van der Waals surface area contributed by atoms with Gasteiger partial charge in [0.1, 0.15) is 0 Å². The Balaban J connectivity index is 2.18. The van der Waals surface area contributed by atoms with Gasteiger partial charge in [0.25, 0.3) is 0 Å². The van der Waals surface area contributed by atoms with Crippen molar-refractivity contribution in [3.05, 3.63) is 42.0 Å². The van der Waals surface area contributed by atoms with E-state index in [9.17, 15) is 14.7 Å². The second kappa shape index (κ2) is 4.85. The molecule has 1 fully saturated rings. The molecule has 0 atom stereocenters. The lowest BCUT2D eigenvalue weighted by Gasteiger charge is -2.28. The fourth-order valence-electron chi connectivity index (χ4n) is 2.48. The second-order valence-corrected chi connectivity index (χ2v) is 4.76. The minimum Gasteiger partial charge on any atom is -0.478 e. The normalized spacial score (nSPS) is 15.2. The maximum atomic E-state index is 11.9. The summed E-state index contributed by atoms with van der Waals surface area (Å²) in [5, 5.41) is 13.9. The molecule has 0 saturated carbocycles. The van der Waals surface area contributed by atoms with E-state index in [4.69, 9.17) is 0 Å². The number of rotatable bonds is 2. The van der Waals surface area contributed by atoms with Crippen LogP contribution in [0.4, 0.5) is 10.5 Å². The van der Waals surface area contributed by atoms with Crippen molar-refractivity contribution in [3.63, 3.8) is 0 Å². The maximum absolute atomic E-state index is 11.9. The summed E-state index contributed by atoms with van der Waals surface area (Å²) < 4.78 is 0. The molecule has 1 aliphatic rings.